The zero-order chi connectivity index (χ0) is 40.6. The molecule has 0 spiro atoms. The van der Waals surface area contributed by atoms with E-state index in [4.69, 9.17) is 5.73 Å². The molecule has 306 valence electrons. The third-order valence-corrected chi connectivity index (χ3v) is 9.37. The van der Waals surface area contributed by atoms with Gasteiger partial charge in [0.1, 0.15) is 30.5 Å². The minimum Gasteiger partial charge on any atom is -0.391 e. The Labute approximate surface area is 322 Å². The Morgan fingerprint density at radius 1 is 0.796 bits per heavy atom. The first-order valence-electron chi connectivity index (χ1n) is 19.8. The summed E-state index contributed by atoms with van der Waals surface area (Å²) in [6.07, 6.45) is 19.7. The van der Waals surface area contributed by atoms with Crippen LogP contribution in [0.1, 0.15) is 131 Å². The van der Waals surface area contributed by atoms with Crippen molar-refractivity contribution in [2.45, 2.75) is 168 Å². The van der Waals surface area contributed by atoms with E-state index in [9.17, 15) is 38.7 Å². The van der Waals surface area contributed by atoms with Crippen LogP contribution in [0.4, 0.5) is 0 Å². The number of unbranched alkanes of at least 4 members (excludes halogenated alkanes) is 8. The highest BCUT2D eigenvalue weighted by Gasteiger charge is 2.43. The van der Waals surface area contributed by atoms with Crippen molar-refractivity contribution < 1.29 is 38.7 Å². The van der Waals surface area contributed by atoms with Gasteiger partial charge in [-0.1, -0.05) is 84.1 Å². The molecule has 0 saturated carbocycles. The average Bonchev–Trinajstić information content (AvgIpc) is 3.51. The fourth-order valence-corrected chi connectivity index (χ4v) is 6.26. The van der Waals surface area contributed by atoms with Crippen LogP contribution in [0, 0.1) is 11.8 Å². The number of aliphatic hydroxyl groups is 1. The molecule has 1 heterocycles. The first-order chi connectivity index (χ1) is 25.6. The Morgan fingerprint density at radius 3 is 1.98 bits per heavy atom. The van der Waals surface area contributed by atoms with Crippen molar-refractivity contribution in [1.29, 1.82) is 0 Å². The zero-order valence-electron chi connectivity index (χ0n) is 33.4. The SMILES string of the molecule is CCCCC/C=C\C/C=C\CCCCCCCC(=O)NC(C(=O)N1CC(C)CC1C(=O)NC(C(=O)NC(CC(N)=O)C(=O)NC(C)C=O)C(C)C)C(C)O. The number of nitrogens with zero attached hydrogens (tertiary/aromatic N) is 1. The summed E-state index contributed by atoms with van der Waals surface area (Å²) >= 11 is 0. The summed E-state index contributed by atoms with van der Waals surface area (Å²) in [6, 6.07) is -5.67. The molecule has 1 rings (SSSR count). The molecule has 1 aliphatic heterocycles. The smallest absolute Gasteiger partial charge is 0.248 e. The van der Waals surface area contributed by atoms with Gasteiger partial charge in [-0.15, -0.1) is 0 Å². The maximum atomic E-state index is 13.8. The second-order valence-corrected chi connectivity index (χ2v) is 15.0. The summed E-state index contributed by atoms with van der Waals surface area (Å²) in [4.78, 5) is 90.3. The van der Waals surface area contributed by atoms with Crippen molar-refractivity contribution in [2.75, 3.05) is 6.54 Å². The molecular formula is C40H68N6O8. The van der Waals surface area contributed by atoms with Gasteiger partial charge in [-0.25, -0.2) is 0 Å². The zero-order valence-corrected chi connectivity index (χ0v) is 33.4. The predicted molar refractivity (Wildman–Crippen MR) is 208 cm³/mol. The minimum absolute atomic E-state index is 0.0857. The number of allylic oxidation sites excluding steroid dienone is 4. The quantitative estimate of drug-likeness (QED) is 0.0415. The van der Waals surface area contributed by atoms with Gasteiger partial charge in [0.05, 0.1) is 18.6 Å². The van der Waals surface area contributed by atoms with E-state index in [2.05, 4.69) is 52.5 Å². The molecule has 1 fully saturated rings. The number of aliphatic hydroxyl groups excluding tert-OH is 1. The van der Waals surface area contributed by atoms with Crippen molar-refractivity contribution in [1.82, 2.24) is 26.2 Å². The van der Waals surface area contributed by atoms with Crippen LogP contribution >= 0.6 is 0 Å². The van der Waals surface area contributed by atoms with Crippen LogP contribution in [0.15, 0.2) is 24.3 Å². The number of rotatable bonds is 27. The lowest BCUT2D eigenvalue weighted by Gasteiger charge is -2.31. The molecule has 6 amide bonds. The van der Waals surface area contributed by atoms with Gasteiger partial charge in [0, 0.05) is 13.0 Å². The largest absolute Gasteiger partial charge is 0.391 e. The topological polar surface area (TPSA) is 217 Å². The highest BCUT2D eigenvalue weighted by atomic mass is 16.3. The Hall–Kier alpha value is -4.07. The van der Waals surface area contributed by atoms with Crippen LogP contribution < -0.4 is 27.0 Å². The number of carbonyl (C=O) groups excluding carboxylic acids is 7. The van der Waals surface area contributed by atoms with E-state index in [0.29, 0.717) is 12.7 Å². The lowest BCUT2D eigenvalue weighted by molar-refractivity contribution is -0.144. The number of hydrogen-bond acceptors (Lipinski definition) is 8. The van der Waals surface area contributed by atoms with E-state index in [-0.39, 0.29) is 31.2 Å². The summed E-state index contributed by atoms with van der Waals surface area (Å²) in [7, 11) is 0. The summed E-state index contributed by atoms with van der Waals surface area (Å²) in [5.41, 5.74) is 5.28. The Morgan fingerprint density at radius 2 is 1.41 bits per heavy atom. The molecule has 7 unspecified atom stereocenters. The van der Waals surface area contributed by atoms with Crippen molar-refractivity contribution in [3.8, 4) is 0 Å². The fourth-order valence-electron chi connectivity index (χ4n) is 6.26. The first kappa shape index (κ1) is 48.0. The van der Waals surface area contributed by atoms with E-state index >= 15 is 0 Å². The molecule has 1 saturated heterocycles. The second kappa shape index (κ2) is 26.7. The van der Waals surface area contributed by atoms with Crippen molar-refractivity contribution >= 4 is 41.7 Å². The maximum Gasteiger partial charge on any atom is 0.248 e. The summed E-state index contributed by atoms with van der Waals surface area (Å²) in [5, 5.41) is 20.7. The predicted octanol–water partition coefficient (Wildman–Crippen LogP) is 3.11. The lowest BCUT2D eigenvalue weighted by Crippen LogP contribution is -2.60. The number of hydrogen-bond donors (Lipinski definition) is 6. The number of primary amides is 1. The summed E-state index contributed by atoms with van der Waals surface area (Å²) < 4.78 is 0. The second-order valence-electron chi connectivity index (χ2n) is 15.0. The molecular weight excluding hydrogens is 692 g/mol. The van der Waals surface area contributed by atoms with Crippen LogP contribution in [0.25, 0.3) is 0 Å². The number of amides is 6. The standard InChI is InChI=1S/C40H68N6O8/c1-7-8-9-10-11-12-13-14-15-16-17-18-19-20-21-22-34(50)44-36(30(6)48)40(54)46-25-28(4)23-32(46)38(52)45-35(27(2)3)39(53)43-31(24-33(41)49)37(51)42-29(5)26-47/h11-12,14-15,26-32,35-36,48H,7-10,13,16-25H2,1-6H3,(H2,41,49)(H,42,51)(H,43,53)(H,44,50)(H,45,52)/b12-11-,15-14-. The Bertz CT molecular complexity index is 1270. The molecule has 0 bridgehead atoms. The van der Waals surface area contributed by atoms with Crippen molar-refractivity contribution in [3.63, 3.8) is 0 Å². The summed E-state index contributed by atoms with van der Waals surface area (Å²) in [6.45, 7) is 10.5. The van der Waals surface area contributed by atoms with E-state index < -0.39 is 78.2 Å². The number of aldehydes is 1. The van der Waals surface area contributed by atoms with E-state index in [1.54, 1.807) is 13.8 Å². The van der Waals surface area contributed by atoms with Gasteiger partial charge in [0.25, 0.3) is 0 Å². The van der Waals surface area contributed by atoms with Crippen LogP contribution in [0.2, 0.25) is 0 Å². The first-order valence-corrected chi connectivity index (χ1v) is 19.8. The number of carbonyl (C=O) groups is 7. The Kier molecular flexibility index (Phi) is 23.7. The van der Waals surface area contributed by atoms with Gasteiger partial charge in [0.15, 0.2) is 0 Å². The maximum absolute atomic E-state index is 13.8. The molecule has 0 aromatic rings. The highest BCUT2D eigenvalue weighted by Crippen LogP contribution is 2.25. The minimum atomic E-state index is -1.39. The number of nitrogens with one attached hydrogen (secondary N) is 4. The van der Waals surface area contributed by atoms with Crippen molar-refractivity contribution in [3.05, 3.63) is 24.3 Å². The van der Waals surface area contributed by atoms with Gasteiger partial charge >= 0.3 is 0 Å². The van der Waals surface area contributed by atoms with Gasteiger partial charge in [0.2, 0.25) is 35.4 Å². The van der Waals surface area contributed by atoms with Crippen LogP contribution in [0.3, 0.4) is 0 Å². The molecule has 14 heteroatoms. The molecule has 7 N–H and O–H groups in total. The molecule has 0 aromatic carbocycles. The molecule has 54 heavy (non-hydrogen) atoms. The normalized spacial score (nSPS) is 18.6. The van der Waals surface area contributed by atoms with Gasteiger partial charge in [-0.2, -0.15) is 0 Å². The Balaban J connectivity index is 2.73. The van der Waals surface area contributed by atoms with Crippen molar-refractivity contribution in [2.24, 2.45) is 17.6 Å². The van der Waals surface area contributed by atoms with E-state index in [1.807, 2.05) is 6.92 Å². The van der Waals surface area contributed by atoms with Crippen LogP contribution in [-0.2, 0) is 33.6 Å². The molecule has 0 aromatic heterocycles. The third-order valence-electron chi connectivity index (χ3n) is 9.37. The number of likely N-dealkylation sites (tertiary alicyclic amines) is 1. The van der Waals surface area contributed by atoms with Gasteiger partial charge in [-0.3, -0.25) is 28.8 Å². The van der Waals surface area contributed by atoms with Gasteiger partial charge in [-0.05, 0) is 70.6 Å². The molecule has 14 nitrogen and oxygen atoms in total. The third kappa shape index (κ3) is 18.8. The van der Waals surface area contributed by atoms with E-state index in [1.165, 1.54) is 38.0 Å². The summed E-state index contributed by atoms with van der Waals surface area (Å²) in [5.74, 6) is -4.55. The highest BCUT2D eigenvalue weighted by molar-refractivity contribution is 5.97. The molecule has 0 radical (unpaired) electrons. The average molecular weight is 761 g/mol. The van der Waals surface area contributed by atoms with E-state index in [0.717, 1.165) is 44.9 Å². The van der Waals surface area contributed by atoms with Crippen LogP contribution in [-0.4, -0.2) is 94.6 Å². The molecule has 1 aliphatic rings. The van der Waals surface area contributed by atoms with Crippen LogP contribution in [0.5, 0.6) is 0 Å². The monoisotopic (exact) mass is 761 g/mol. The molecule has 0 aliphatic carbocycles. The lowest BCUT2D eigenvalue weighted by atomic mass is 10.0. The van der Waals surface area contributed by atoms with Gasteiger partial charge < -0.3 is 41.8 Å². The fraction of sp³-hybridized carbons (Fsp3) is 0.725. The number of nitrogens with two attached hydrogens (primary N) is 1. The molecule has 7 atom stereocenters.